The van der Waals surface area contributed by atoms with Gasteiger partial charge in [0, 0.05) is 67.0 Å². The average Bonchev–Trinajstić information content (AvgIpc) is 3.43. The Balaban J connectivity index is 1.57. The normalized spacial score (nSPS) is 17.4. The molecule has 0 bridgehead atoms. The van der Waals surface area contributed by atoms with Crippen molar-refractivity contribution < 1.29 is 5.11 Å². The Morgan fingerprint density at radius 2 is 1.71 bits per heavy atom. The Bertz CT molecular complexity index is 1340. The highest BCUT2D eigenvalue weighted by atomic mass is 16.3. The minimum Gasteiger partial charge on any atom is -0.380 e. The number of nitrogens with zero attached hydrogens (tertiary/aromatic N) is 5. The lowest BCUT2D eigenvalue weighted by Crippen LogP contribution is -2.63. The highest BCUT2D eigenvalue weighted by molar-refractivity contribution is 5.65. The highest BCUT2D eigenvalue weighted by Crippen LogP contribution is 2.50. The number of hydrogen-bond donors (Lipinski definition) is 1. The van der Waals surface area contributed by atoms with Crippen molar-refractivity contribution in [2.45, 2.75) is 39.2 Å². The van der Waals surface area contributed by atoms with Crippen molar-refractivity contribution in [3.05, 3.63) is 89.8 Å². The molecule has 1 aliphatic rings. The van der Waals surface area contributed by atoms with Crippen LogP contribution in [0.25, 0.3) is 16.8 Å². The van der Waals surface area contributed by atoms with Crippen LogP contribution in [-0.2, 0) is 12.6 Å². The van der Waals surface area contributed by atoms with Gasteiger partial charge in [0.25, 0.3) is 0 Å². The van der Waals surface area contributed by atoms with Gasteiger partial charge in [0.1, 0.15) is 5.60 Å². The molecule has 182 valence electrons. The predicted molar refractivity (Wildman–Crippen MR) is 140 cm³/mol. The van der Waals surface area contributed by atoms with Crippen LogP contribution in [0.15, 0.2) is 67.4 Å². The maximum absolute atomic E-state index is 12.5. The van der Waals surface area contributed by atoms with Crippen LogP contribution in [-0.4, -0.2) is 49.5 Å². The molecular weight excluding hydrogens is 434 g/mol. The average molecular weight is 470 g/mol. The lowest BCUT2D eigenvalue weighted by Gasteiger charge is -2.55. The third kappa shape index (κ3) is 3.91. The van der Waals surface area contributed by atoms with E-state index in [0.29, 0.717) is 5.92 Å². The van der Waals surface area contributed by atoms with Crippen LogP contribution < -0.4 is 0 Å². The molecule has 1 aromatic carbocycles. The molecule has 6 nitrogen and oxygen atoms in total. The van der Waals surface area contributed by atoms with Gasteiger partial charge in [-0.3, -0.25) is 9.67 Å². The lowest BCUT2D eigenvalue weighted by atomic mass is 9.62. The van der Waals surface area contributed by atoms with Gasteiger partial charge in [0.2, 0.25) is 0 Å². The molecule has 1 saturated heterocycles. The Morgan fingerprint density at radius 1 is 1.00 bits per heavy atom. The third-order valence-electron chi connectivity index (χ3n) is 7.56. The first kappa shape index (κ1) is 23.5. The first-order chi connectivity index (χ1) is 16.6. The number of aromatic nitrogens is 4. The molecule has 6 heteroatoms. The molecule has 35 heavy (non-hydrogen) atoms. The maximum atomic E-state index is 12.5. The summed E-state index contributed by atoms with van der Waals surface area (Å²) in [4.78, 5) is 6.83. The van der Waals surface area contributed by atoms with E-state index in [9.17, 15) is 5.11 Å². The van der Waals surface area contributed by atoms with E-state index in [1.807, 2.05) is 43.4 Å². The van der Waals surface area contributed by atoms with E-state index in [1.54, 1.807) is 0 Å². The summed E-state index contributed by atoms with van der Waals surface area (Å²) in [5.74, 6) is 0.443. The van der Waals surface area contributed by atoms with Crippen molar-refractivity contribution in [3.8, 4) is 16.8 Å². The van der Waals surface area contributed by atoms with Crippen LogP contribution in [0.5, 0.6) is 0 Å². The van der Waals surface area contributed by atoms with Crippen LogP contribution in [0, 0.1) is 12.3 Å². The molecule has 4 aromatic rings. The largest absolute Gasteiger partial charge is 0.380 e. The molecule has 0 aliphatic carbocycles. The quantitative estimate of drug-likeness (QED) is 0.437. The summed E-state index contributed by atoms with van der Waals surface area (Å²) in [5.41, 5.74) is 5.65. The summed E-state index contributed by atoms with van der Waals surface area (Å²) < 4.78 is 3.90. The summed E-state index contributed by atoms with van der Waals surface area (Å²) in [7, 11) is 4.04. The molecule has 4 heterocycles. The van der Waals surface area contributed by atoms with Crippen molar-refractivity contribution in [1.82, 2.24) is 24.2 Å². The zero-order valence-corrected chi connectivity index (χ0v) is 21.5. The van der Waals surface area contributed by atoms with E-state index in [2.05, 4.69) is 90.0 Å². The molecular formula is C29H35N5O. The fourth-order valence-electron chi connectivity index (χ4n) is 5.71. The van der Waals surface area contributed by atoms with Gasteiger partial charge >= 0.3 is 0 Å². The van der Waals surface area contributed by atoms with Crippen LogP contribution in [0.3, 0.4) is 0 Å². The molecule has 1 N–H and O–H groups in total. The predicted octanol–water partition coefficient (Wildman–Crippen LogP) is 4.89. The third-order valence-corrected chi connectivity index (χ3v) is 7.56. The van der Waals surface area contributed by atoms with Crippen LogP contribution >= 0.6 is 0 Å². The standard InChI is InChI=1S/C29H35N5O/c1-20(2)22-7-9-24(10-8-22)29(35,28(4)18-32(5)19-28)25-13-26(15-30-14-25)34-12-11-23(16-34)27-17-33(6)31-21(27)3/h7-17,20,35H,18-19H2,1-6H3/t29-/m0/s1. The van der Waals surface area contributed by atoms with Gasteiger partial charge in [0.15, 0.2) is 0 Å². The Kier molecular flexibility index (Phi) is 5.69. The van der Waals surface area contributed by atoms with Gasteiger partial charge in [-0.1, -0.05) is 45.0 Å². The molecule has 0 unspecified atom stereocenters. The Labute approximate surface area is 207 Å². The highest BCUT2D eigenvalue weighted by Gasteiger charge is 2.55. The smallest absolute Gasteiger partial charge is 0.124 e. The second-order valence-electron chi connectivity index (χ2n) is 10.8. The fourth-order valence-corrected chi connectivity index (χ4v) is 5.71. The molecule has 5 rings (SSSR count). The minimum absolute atomic E-state index is 0.323. The number of aliphatic hydroxyl groups is 1. The number of pyridine rings is 1. The first-order valence-corrected chi connectivity index (χ1v) is 12.3. The summed E-state index contributed by atoms with van der Waals surface area (Å²) >= 11 is 0. The van der Waals surface area contributed by atoms with Crippen LogP contribution in [0.4, 0.5) is 0 Å². The van der Waals surface area contributed by atoms with E-state index < -0.39 is 5.60 Å². The van der Waals surface area contributed by atoms with E-state index >= 15 is 0 Å². The summed E-state index contributed by atoms with van der Waals surface area (Å²) in [6, 6.07) is 12.6. The van der Waals surface area contributed by atoms with Crippen molar-refractivity contribution in [2.75, 3.05) is 20.1 Å². The molecule has 1 aliphatic heterocycles. The van der Waals surface area contributed by atoms with Crippen LogP contribution in [0.2, 0.25) is 0 Å². The first-order valence-electron chi connectivity index (χ1n) is 12.3. The SMILES string of the molecule is Cc1nn(C)cc1-c1ccn(-c2cncc([C@@](O)(c3ccc(C(C)C)cc3)C3(C)CN(C)C3)c2)c1. The summed E-state index contributed by atoms with van der Waals surface area (Å²) in [6.07, 6.45) is 9.84. The van der Waals surface area contributed by atoms with Crippen molar-refractivity contribution in [3.63, 3.8) is 0 Å². The van der Waals surface area contributed by atoms with Crippen molar-refractivity contribution >= 4 is 0 Å². The van der Waals surface area contributed by atoms with Crippen molar-refractivity contribution in [1.29, 1.82) is 0 Å². The number of rotatable bonds is 6. The van der Waals surface area contributed by atoms with Gasteiger partial charge in [-0.15, -0.1) is 0 Å². The minimum atomic E-state index is -1.16. The topological polar surface area (TPSA) is 59.1 Å². The molecule has 0 radical (unpaired) electrons. The van der Waals surface area contributed by atoms with Gasteiger partial charge in [-0.2, -0.15) is 5.10 Å². The van der Waals surface area contributed by atoms with Gasteiger partial charge < -0.3 is 14.6 Å². The van der Waals surface area contributed by atoms with Crippen LogP contribution in [0.1, 0.15) is 49.1 Å². The Hall–Kier alpha value is -3.22. The lowest BCUT2D eigenvalue weighted by molar-refractivity contribution is -0.127. The zero-order valence-electron chi connectivity index (χ0n) is 21.5. The molecule has 1 fully saturated rings. The molecule has 3 aromatic heterocycles. The van der Waals surface area contributed by atoms with Gasteiger partial charge in [-0.05, 0) is 43.1 Å². The Morgan fingerprint density at radius 3 is 2.31 bits per heavy atom. The fraction of sp³-hybridized carbons (Fsp3) is 0.379. The summed E-state index contributed by atoms with van der Waals surface area (Å²) in [6.45, 7) is 10.2. The zero-order chi connectivity index (χ0) is 25.0. The maximum Gasteiger partial charge on any atom is 0.124 e. The summed E-state index contributed by atoms with van der Waals surface area (Å²) in [5, 5.41) is 17.0. The number of benzene rings is 1. The van der Waals surface area contributed by atoms with Gasteiger partial charge in [0.05, 0.1) is 17.6 Å². The number of likely N-dealkylation sites (tertiary alicyclic amines) is 1. The monoisotopic (exact) mass is 469 g/mol. The molecule has 0 spiro atoms. The van der Waals surface area contributed by atoms with E-state index in [1.165, 1.54) is 5.56 Å². The van der Waals surface area contributed by atoms with Gasteiger partial charge in [-0.25, -0.2) is 0 Å². The van der Waals surface area contributed by atoms with E-state index in [-0.39, 0.29) is 5.41 Å². The molecule has 0 saturated carbocycles. The molecule has 1 atom stereocenters. The number of aryl methyl sites for hydroxylation is 2. The van der Waals surface area contributed by atoms with E-state index in [0.717, 1.165) is 46.7 Å². The number of hydrogen-bond acceptors (Lipinski definition) is 4. The molecule has 0 amide bonds. The van der Waals surface area contributed by atoms with E-state index in [4.69, 9.17) is 0 Å². The second-order valence-corrected chi connectivity index (χ2v) is 10.8. The van der Waals surface area contributed by atoms with Crippen molar-refractivity contribution in [2.24, 2.45) is 12.5 Å². The second kappa shape index (κ2) is 8.47.